The zero-order valence-corrected chi connectivity index (χ0v) is 10.6. The number of benzene rings is 2. The summed E-state index contributed by atoms with van der Waals surface area (Å²) in [5.74, 6) is 0. The minimum absolute atomic E-state index is 0.537. The van der Waals surface area contributed by atoms with Crippen molar-refractivity contribution in [3.05, 3.63) is 51.1 Å². The molecule has 3 N–H and O–H groups in total. The fourth-order valence-corrected chi connectivity index (χ4v) is 2.68. The van der Waals surface area contributed by atoms with Gasteiger partial charge in [0, 0.05) is 9.26 Å². The molecule has 16 heavy (non-hydrogen) atoms. The summed E-state index contributed by atoms with van der Waals surface area (Å²) in [6.45, 7) is 0. The van der Waals surface area contributed by atoms with E-state index in [4.69, 9.17) is 5.73 Å². The van der Waals surface area contributed by atoms with Gasteiger partial charge in [0.1, 0.15) is 6.10 Å². The molecular formula is C13H10INO. The van der Waals surface area contributed by atoms with E-state index in [0.29, 0.717) is 0 Å². The van der Waals surface area contributed by atoms with Crippen LogP contribution in [-0.4, -0.2) is 5.11 Å². The summed E-state index contributed by atoms with van der Waals surface area (Å²) in [6.07, 6.45) is -0.537. The number of rotatable bonds is 0. The number of anilines is 1. The number of aliphatic hydroxyl groups is 1. The molecule has 0 amide bonds. The van der Waals surface area contributed by atoms with Gasteiger partial charge in [0.15, 0.2) is 0 Å². The highest BCUT2D eigenvalue weighted by atomic mass is 127. The van der Waals surface area contributed by atoms with Crippen molar-refractivity contribution in [1.82, 2.24) is 0 Å². The number of halogens is 1. The highest BCUT2D eigenvalue weighted by Crippen LogP contribution is 2.44. The molecule has 1 unspecified atom stereocenters. The second-order valence-electron chi connectivity index (χ2n) is 3.95. The molecule has 2 aromatic rings. The number of fused-ring (bicyclic) bond motifs is 3. The van der Waals surface area contributed by atoms with Gasteiger partial charge in [-0.05, 0) is 57.0 Å². The lowest BCUT2D eigenvalue weighted by atomic mass is 10.1. The maximum atomic E-state index is 10.2. The minimum atomic E-state index is -0.537. The maximum Gasteiger partial charge on any atom is 0.105 e. The Labute approximate surface area is 107 Å². The first-order valence-electron chi connectivity index (χ1n) is 5.05. The Bertz CT molecular complexity index is 580. The molecule has 1 aliphatic carbocycles. The van der Waals surface area contributed by atoms with Crippen molar-refractivity contribution in [3.8, 4) is 11.1 Å². The summed E-state index contributed by atoms with van der Waals surface area (Å²) in [7, 11) is 0. The molecule has 0 fully saturated rings. The summed E-state index contributed by atoms with van der Waals surface area (Å²) in [4.78, 5) is 0. The van der Waals surface area contributed by atoms with Crippen LogP contribution < -0.4 is 5.73 Å². The Morgan fingerprint density at radius 3 is 2.62 bits per heavy atom. The third-order valence-corrected chi connectivity index (χ3v) is 3.94. The Balaban J connectivity index is 2.34. The van der Waals surface area contributed by atoms with E-state index < -0.39 is 6.10 Å². The first kappa shape index (κ1) is 10.1. The normalized spacial score (nSPS) is 17.0. The SMILES string of the molecule is Nc1cc2c(cc1I)-c1ccccc1C2O. The van der Waals surface area contributed by atoms with Crippen LogP contribution >= 0.6 is 22.6 Å². The molecule has 80 valence electrons. The van der Waals surface area contributed by atoms with Gasteiger partial charge in [-0.2, -0.15) is 0 Å². The maximum absolute atomic E-state index is 10.2. The van der Waals surface area contributed by atoms with Crippen LogP contribution in [0.3, 0.4) is 0 Å². The summed E-state index contributed by atoms with van der Waals surface area (Å²) >= 11 is 2.22. The van der Waals surface area contributed by atoms with Crippen LogP contribution in [0, 0.1) is 3.57 Å². The monoisotopic (exact) mass is 323 g/mol. The molecule has 3 rings (SSSR count). The zero-order valence-electron chi connectivity index (χ0n) is 8.44. The highest BCUT2D eigenvalue weighted by Gasteiger charge is 2.27. The van der Waals surface area contributed by atoms with Crippen molar-refractivity contribution in [2.24, 2.45) is 0 Å². The molecule has 1 atom stereocenters. The van der Waals surface area contributed by atoms with Crippen molar-refractivity contribution in [3.63, 3.8) is 0 Å². The van der Waals surface area contributed by atoms with E-state index >= 15 is 0 Å². The van der Waals surface area contributed by atoms with Gasteiger partial charge in [-0.15, -0.1) is 0 Å². The average molecular weight is 323 g/mol. The molecule has 0 aromatic heterocycles. The molecule has 1 aliphatic rings. The van der Waals surface area contributed by atoms with Gasteiger partial charge in [-0.25, -0.2) is 0 Å². The average Bonchev–Trinajstić information content (AvgIpc) is 2.55. The van der Waals surface area contributed by atoms with E-state index in [-0.39, 0.29) is 0 Å². The summed E-state index contributed by atoms with van der Waals surface area (Å²) in [5, 5.41) is 10.2. The summed E-state index contributed by atoms with van der Waals surface area (Å²) in [5.41, 5.74) is 10.7. The molecule has 0 saturated heterocycles. The van der Waals surface area contributed by atoms with E-state index in [9.17, 15) is 5.11 Å². The largest absolute Gasteiger partial charge is 0.398 e. The predicted octanol–water partition coefficient (Wildman–Crippen LogP) is 2.94. The lowest BCUT2D eigenvalue weighted by molar-refractivity contribution is 0.225. The highest BCUT2D eigenvalue weighted by molar-refractivity contribution is 14.1. The van der Waals surface area contributed by atoms with Crippen molar-refractivity contribution >= 4 is 28.3 Å². The number of aliphatic hydroxyl groups excluding tert-OH is 1. The van der Waals surface area contributed by atoms with Crippen LogP contribution in [0.25, 0.3) is 11.1 Å². The van der Waals surface area contributed by atoms with E-state index in [1.165, 1.54) is 0 Å². The van der Waals surface area contributed by atoms with Crippen molar-refractivity contribution in [2.75, 3.05) is 5.73 Å². The molecule has 3 heteroatoms. The van der Waals surface area contributed by atoms with Crippen LogP contribution in [0.4, 0.5) is 5.69 Å². The van der Waals surface area contributed by atoms with Crippen molar-refractivity contribution in [2.45, 2.75) is 6.10 Å². The summed E-state index contributed by atoms with van der Waals surface area (Å²) in [6, 6.07) is 11.9. The second-order valence-corrected chi connectivity index (χ2v) is 5.11. The predicted molar refractivity (Wildman–Crippen MR) is 73.1 cm³/mol. The zero-order chi connectivity index (χ0) is 11.3. The van der Waals surface area contributed by atoms with Crippen LogP contribution in [-0.2, 0) is 0 Å². The lowest BCUT2D eigenvalue weighted by Crippen LogP contribution is -1.96. The topological polar surface area (TPSA) is 46.2 Å². The molecule has 2 aromatic carbocycles. The second kappa shape index (κ2) is 3.46. The van der Waals surface area contributed by atoms with Crippen LogP contribution in [0.15, 0.2) is 36.4 Å². The first-order valence-corrected chi connectivity index (χ1v) is 6.12. The molecule has 2 nitrogen and oxygen atoms in total. The number of nitrogens with two attached hydrogens (primary N) is 1. The van der Waals surface area contributed by atoms with Crippen LogP contribution in [0.2, 0.25) is 0 Å². The van der Waals surface area contributed by atoms with Gasteiger partial charge in [0.2, 0.25) is 0 Å². The Morgan fingerprint density at radius 2 is 1.81 bits per heavy atom. The number of hydrogen-bond donors (Lipinski definition) is 2. The molecule has 0 aliphatic heterocycles. The lowest BCUT2D eigenvalue weighted by Gasteiger charge is -2.07. The van der Waals surface area contributed by atoms with E-state index in [0.717, 1.165) is 31.5 Å². The standard InChI is InChI=1S/C13H10INO/c14-11-5-9-7-3-1-2-4-8(7)13(16)10(9)6-12(11)15/h1-6,13,16H,15H2. The van der Waals surface area contributed by atoms with Crippen LogP contribution in [0.1, 0.15) is 17.2 Å². The van der Waals surface area contributed by atoms with E-state index in [2.05, 4.69) is 22.6 Å². The Morgan fingerprint density at radius 1 is 1.06 bits per heavy atom. The van der Waals surface area contributed by atoms with E-state index in [1.54, 1.807) is 0 Å². The smallest absolute Gasteiger partial charge is 0.105 e. The number of hydrogen-bond acceptors (Lipinski definition) is 2. The molecular weight excluding hydrogens is 313 g/mol. The molecule has 0 saturated carbocycles. The third-order valence-electron chi connectivity index (χ3n) is 3.01. The van der Waals surface area contributed by atoms with Crippen LogP contribution in [0.5, 0.6) is 0 Å². The number of nitrogen functional groups attached to an aromatic ring is 1. The van der Waals surface area contributed by atoms with Gasteiger partial charge in [0.05, 0.1) is 0 Å². The summed E-state index contributed by atoms with van der Waals surface area (Å²) < 4.78 is 1.03. The Hall–Kier alpha value is -1.07. The van der Waals surface area contributed by atoms with Gasteiger partial charge in [0.25, 0.3) is 0 Å². The van der Waals surface area contributed by atoms with E-state index in [1.807, 2.05) is 36.4 Å². The first-order chi connectivity index (χ1) is 7.68. The molecule has 0 radical (unpaired) electrons. The molecule has 0 heterocycles. The van der Waals surface area contributed by atoms with Gasteiger partial charge < -0.3 is 10.8 Å². The fourth-order valence-electron chi connectivity index (χ4n) is 2.22. The van der Waals surface area contributed by atoms with Crippen molar-refractivity contribution < 1.29 is 5.11 Å². The van der Waals surface area contributed by atoms with Gasteiger partial charge in [-0.3, -0.25) is 0 Å². The fraction of sp³-hybridized carbons (Fsp3) is 0.0769. The Kier molecular flexibility index (Phi) is 2.19. The third kappa shape index (κ3) is 1.28. The molecule has 0 spiro atoms. The quantitative estimate of drug-likeness (QED) is 0.578. The van der Waals surface area contributed by atoms with Gasteiger partial charge in [-0.1, -0.05) is 24.3 Å². The minimum Gasteiger partial charge on any atom is -0.398 e. The van der Waals surface area contributed by atoms with Crippen molar-refractivity contribution in [1.29, 1.82) is 0 Å². The molecule has 0 bridgehead atoms. The van der Waals surface area contributed by atoms with Gasteiger partial charge >= 0.3 is 0 Å².